The van der Waals surface area contributed by atoms with Crippen LogP contribution in [0.15, 0.2) is 41.0 Å². The number of halogens is 2. The number of anilines is 1. The molecule has 0 fully saturated rings. The molecule has 3 rings (SSSR count). The highest BCUT2D eigenvalue weighted by Gasteiger charge is 2.23. The second-order valence-corrected chi connectivity index (χ2v) is 9.50. The zero-order valence-corrected chi connectivity index (χ0v) is 18.0. The number of rotatable bonds is 6. The summed E-state index contributed by atoms with van der Waals surface area (Å²) >= 11 is 3.06. The molecule has 0 atom stereocenters. The van der Waals surface area contributed by atoms with Crippen LogP contribution in [0.3, 0.4) is 0 Å². The van der Waals surface area contributed by atoms with Gasteiger partial charge in [-0.3, -0.25) is 4.52 Å². The van der Waals surface area contributed by atoms with E-state index >= 15 is 0 Å². The van der Waals surface area contributed by atoms with Crippen LogP contribution in [0, 0.1) is 5.82 Å². The van der Waals surface area contributed by atoms with E-state index in [1.165, 1.54) is 30.7 Å². The first kappa shape index (κ1) is 21.6. The van der Waals surface area contributed by atoms with Gasteiger partial charge >= 0.3 is 11.8 Å². The number of benzene rings is 1. The highest BCUT2D eigenvalue weighted by Crippen LogP contribution is 2.25. The van der Waals surface area contributed by atoms with Gasteiger partial charge in [-0.25, -0.2) is 27.4 Å². The van der Waals surface area contributed by atoms with Crippen molar-refractivity contribution in [2.45, 2.75) is 0 Å². The standard InChI is InChI=1S/C15H15BrFN7O5S/c1-30(2,27)23-14(25)19-6-5-18-12-11(20-29-21-12)13-22-28-15(26)24(13)8-3-4-10(17)9(16)7-8/h3-4,7H,5-6H2,1-2H3,(H,18,21)(H,19,25). The Hall–Kier alpha value is -3.07. The quantitative estimate of drug-likeness (QED) is 0.476. The van der Waals surface area contributed by atoms with Gasteiger partial charge in [0.2, 0.25) is 11.6 Å². The van der Waals surface area contributed by atoms with Crippen molar-refractivity contribution in [1.29, 1.82) is 0 Å². The molecule has 0 unspecified atom stereocenters. The van der Waals surface area contributed by atoms with Crippen molar-refractivity contribution in [3.05, 3.63) is 39.0 Å². The van der Waals surface area contributed by atoms with Gasteiger partial charge in [-0.15, -0.1) is 4.36 Å². The predicted molar refractivity (Wildman–Crippen MR) is 107 cm³/mol. The number of aromatic nitrogens is 4. The maximum absolute atomic E-state index is 13.5. The maximum Gasteiger partial charge on any atom is 0.446 e. The van der Waals surface area contributed by atoms with Gasteiger partial charge < -0.3 is 10.6 Å². The molecule has 0 saturated heterocycles. The highest BCUT2D eigenvalue weighted by molar-refractivity contribution is 9.10. The lowest BCUT2D eigenvalue weighted by Crippen LogP contribution is -2.27. The predicted octanol–water partition coefficient (Wildman–Crippen LogP) is 1.63. The summed E-state index contributed by atoms with van der Waals surface area (Å²) in [5.74, 6) is -1.24. The first-order valence-electron chi connectivity index (χ1n) is 8.21. The van der Waals surface area contributed by atoms with Gasteiger partial charge in [0.05, 0.1) is 19.9 Å². The Balaban J connectivity index is 1.78. The molecule has 0 bridgehead atoms. The van der Waals surface area contributed by atoms with Crippen molar-refractivity contribution < 1.29 is 22.5 Å². The minimum Gasteiger partial charge on any atom is -0.363 e. The third-order valence-corrected chi connectivity index (χ3v) is 4.68. The van der Waals surface area contributed by atoms with Gasteiger partial charge in [0.25, 0.3) is 0 Å². The summed E-state index contributed by atoms with van der Waals surface area (Å²) in [5, 5.41) is 16.4. The Labute approximate surface area is 177 Å². The van der Waals surface area contributed by atoms with Crippen LogP contribution in [-0.4, -0.2) is 55.9 Å². The average Bonchev–Trinajstić information content (AvgIpc) is 3.26. The number of nitrogens with zero attached hydrogens (tertiary/aromatic N) is 5. The van der Waals surface area contributed by atoms with E-state index in [1.54, 1.807) is 0 Å². The zero-order chi connectivity index (χ0) is 21.9. The summed E-state index contributed by atoms with van der Waals surface area (Å²) in [6.45, 7) is 0.307. The van der Waals surface area contributed by atoms with Crippen LogP contribution in [0.4, 0.5) is 15.0 Å². The van der Waals surface area contributed by atoms with Gasteiger partial charge in [-0.05, 0) is 44.4 Å². The van der Waals surface area contributed by atoms with E-state index in [9.17, 15) is 18.2 Å². The Morgan fingerprint density at radius 3 is 2.77 bits per heavy atom. The Kier molecular flexibility index (Phi) is 6.31. The molecule has 160 valence electrons. The molecule has 2 heterocycles. The molecule has 0 aliphatic carbocycles. The molecule has 2 aromatic heterocycles. The van der Waals surface area contributed by atoms with Gasteiger partial charge in [-0.2, -0.15) is 0 Å². The number of hydrogen-bond acceptors (Lipinski definition) is 9. The van der Waals surface area contributed by atoms with Crippen molar-refractivity contribution in [2.24, 2.45) is 4.36 Å². The number of carbonyl (C=O) groups excluding carboxylic acids is 1. The second kappa shape index (κ2) is 8.74. The molecular weight excluding hydrogens is 489 g/mol. The molecule has 2 N–H and O–H groups in total. The van der Waals surface area contributed by atoms with E-state index in [0.29, 0.717) is 0 Å². The lowest BCUT2D eigenvalue weighted by atomic mass is 10.3. The third kappa shape index (κ3) is 5.10. The normalized spacial score (nSPS) is 11.3. The highest BCUT2D eigenvalue weighted by atomic mass is 79.9. The molecule has 0 aliphatic rings. The molecule has 0 spiro atoms. The summed E-state index contributed by atoms with van der Waals surface area (Å²) < 4.78 is 39.1. The van der Waals surface area contributed by atoms with E-state index in [-0.39, 0.29) is 40.6 Å². The van der Waals surface area contributed by atoms with Crippen LogP contribution in [0.1, 0.15) is 0 Å². The van der Waals surface area contributed by atoms with E-state index in [2.05, 4.69) is 46.4 Å². The molecule has 0 saturated carbocycles. The van der Waals surface area contributed by atoms with Crippen LogP contribution in [-0.2, 0) is 9.73 Å². The lowest BCUT2D eigenvalue weighted by Gasteiger charge is -2.06. The largest absolute Gasteiger partial charge is 0.446 e. The first-order valence-corrected chi connectivity index (χ1v) is 11.3. The van der Waals surface area contributed by atoms with Crippen molar-refractivity contribution >= 4 is 37.5 Å². The van der Waals surface area contributed by atoms with Crippen LogP contribution in [0.25, 0.3) is 17.2 Å². The molecular formula is C15H15BrFN7O5S. The average molecular weight is 504 g/mol. The van der Waals surface area contributed by atoms with E-state index < -0.39 is 27.3 Å². The molecule has 0 radical (unpaired) electrons. The Morgan fingerprint density at radius 2 is 2.07 bits per heavy atom. The van der Waals surface area contributed by atoms with Gasteiger partial charge in [0, 0.05) is 25.6 Å². The fourth-order valence-corrected chi connectivity index (χ4v) is 3.12. The number of carbonyl (C=O) groups is 1. The molecule has 2 amide bonds. The van der Waals surface area contributed by atoms with Crippen molar-refractivity contribution in [3.8, 4) is 17.2 Å². The van der Waals surface area contributed by atoms with Crippen LogP contribution in [0.5, 0.6) is 0 Å². The van der Waals surface area contributed by atoms with Gasteiger partial charge in [0.1, 0.15) is 5.82 Å². The minimum atomic E-state index is -2.55. The number of amides is 2. The maximum atomic E-state index is 13.5. The van der Waals surface area contributed by atoms with E-state index in [4.69, 9.17) is 9.15 Å². The fraction of sp³-hybridized carbons (Fsp3) is 0.267. The molecule has 12 nitrogen and oxygen atoms in total. The number of hydrogen-bond donors (Lipinski definition) is 2. The SMILES string of the molecule is CS(C)(=O)=NC(=O)NCCNc1nonc1-c1noc(=O)n1-c1ccc(F)c(Br)c1. The summed E-state index contributed by atoms with van der Waals surface area (Å²) in [7, 11) is -2.55. The Bertz CT molecular complexity index is 1250. The van der Waals surface area contributed by atoms with E-state index in [1.807, 2.05) is 0 Å². The van der Waals surface area contributed by atoms with Crippen molar-refractivity contribution in [3.63, 3.8) is 0 Å². The second-order valence-electron chi connectivity index (χ2n) is 6.10. The molecule has 15 heteroatoms. The summed E-state index contributed by atoms with van der Waals surface area (Å²) in [6.07, 6.45) is 2.69. The van der Waals surface area contributed by atoms with Crippen molar-refractivity contribution in [1.82, 2.24) is 25.4 Å². The lowest BCUT2D eigenvalue weighted by molar-refractivity contribution is 0.250. The summed E-state index contributed by atoms with van der Waals surface area (Å²) in [5.41, 5.74) is 0.331. The molecule has 0 aliphatic heterocycles. The fourth-order valence-electron chi connectivity index (χ4n) is 2.28. The topological polar surface area (TPSA) is 158 Å². The van der Waals surface area contributed by atoms with Gasteiger partial charge in [0.15, 0.2) is 5.69 Å². The molecule has 1 aromatic carbocycles. The van der Waals surface area contributed by atoms with Crippen LogP contribution in [0.2, 0.25) is 0 Å². The number of nitrogens with one attached hydrogen (secondary N) is 2. The smallest absolute Gasteiger partial charge is 0.363 e. The summed E-state index contributed by atoms with van der Waals surface area (Å²) in [4.78, 5) is 23.7. The van der Waals surface area contributed by atoms with Crippen LogP contribution < -0.4 is 16.4 Å². The van der Waals surface area contributed by atoms with Gasteiger partial charge in [-0.1, -0.05) is 5.16 Å². The van der Waals surface area contributed by atoms with Crippen molar-refractivity contribution in [2.75, 3.05) is 30.9 Å². The molecule has 30 heavy (non-hydrogen) atoms. The Morgan fingerprint density at radius 1 is 1.30 bits per heavy atom. The monoisotopic (exact) mass is 503 g/mol. The number of urea groups is 1. The zero-order valence-electron chi connectivity index (χ0n) is 15.6. The molecule has 3 aromatic rings. The minimum absolute atomic E-state index is 0.0296. The summed E-state index contributed by atoms with van der Waals surface area (Å²) in [6, 6.07) is 3.19. The third-order valence-electron chi connectivity index (χ3n) is 3.46. The van der Waals surface area contributed by atoms with Crippen LogP contribution >= 0.6 is 15.9 Å². The van der Waals surface area contributed by atoms with E-state index in [0.717, 1.165) is 4.57 Å². The first-order chi connectivity index (χ1) is 14.2.